The Morgan fingerprint density at radius 2 is 1.74 bits per heavy atom. The number of nitrogens with one attached hydrogen (secondary N) is 3. The molecule has 3 aromatic rings. The predicted octanol–water partition coefficient (Wildman–Crippen LogP) is 3.47. The van der Waals surface area contributed by atoms with Gasteiger partial charge in [-0.1, -0.05) is 60.1 Å². The van der Waals surface area contributed by atoms with Gasteiger partial charge in [-0.05, 0) is 54.3 Å². The summed E-state index contributed by atoms with van der Waals surface area (Å²) < 4.78 is 5.54. The fourth-order valence-corrected chi connectivity index (χ4v) is 3.20. The summed E-state index contributed by atoms with van der Waals surface area (Å²) in [5, 5.41) is 9.68. The van der Waals surface area contributed by atoms with Crippen LogP contribution < -0.4 is 20.8 Å². The molecule has 0 aliphatic rings. The Morgan fingerprint density at radius 1 is 0.971 bits per heavy atom. The second kappa shape index (κ2) is 12.9. The van der Waals surface area contributed by atoms with Crippen molar-refractivity contribution in [2.24, 2.45) is 5.10 Å². The summed E-state index contributed by atoms with van der Waals surface area (Å²) >= 11 is 6.07. The number of halogens is 1. The Balaban J connectivity index is 1.43. The Morgan fingerprint density at radius 3 is 2.54 bits per heavy atom. The molecule has 0 atom stereocenters. The van der Waals surface area contributed by atoms with Gasteiger partial charge >= 0.3 is 11.8 Å². The van der Waals surface area contributed by atoms with E-state index in [1.165, 1.54) is 6.21 Å². The number of hydrogen-bond acceptors (Lipinski definition) is 5. The van der Waals surface area contributed by atoms with Crippen LogP contribution in [-0.4, -0.2) is 37.1 Å². The van der Waals surface area contributed by atoms with Crippen LogP contribution in [-0.2, 0) is 20.8 Å². The number of benzene rings is 3. The highest BCUT2D eigenvalue weighted by Crippen LogP contribution is 2.22. The first-order valence-corrected chi connectivity index (χ1v) is 11.2. The first kappa shape index (κ1) is 25.5. The van der Waals surface area contributed by atoms with Gasteiger partial charge in [-0.25, -0.2) is 5.43 Å². The van der Waals surface area contributed by atoms with Gasteiger partial charge in [0.1, 0.15) is 5.75 Å². The van der Waals surface area contributed by atoms with Gasteiger partial charge in [-0.3, -0.25) is 14.4 Å². The molecule has 0 spiro atoms. The second-order valence-electron chi connectivity index (χ2n) is 7.51. The molecular formula is C26H25ClN4O4. The number of amides is 3. The third kappa shape index (κ3) is 8.28. The molecule has 0 saturated heterocycles. The predicted molar refractivity (Wildman–Crippen MR) is 136 cm³/mol. The molecule has 8 nitrogen and oxygen atoms in total. The molecule has 35 heavy (non-hydrogen) atoms. The molecule has 180 valence electrons. The highest BCUT2D eigenvalue weighted by Gasteiger charge is 2.11. The van der Waals surface area contributed by atoms with Gasteiger partial charge in [0.05, 0.1) is 6.21 Å². The summed E-state index contributed by atoms with van der Waals surface area (Å²) in [5.41, 5.74) is 5.25. The highest BCUT2D eigenvalue weighted by atomic mass is 35.5. The smallest absolute Gasteiger partial charge is 0.329 e. The molecular weight excluding hydrogens is 468 g/mol. The van der Waals surface area contributed by atoms with Crippen molar-refractivity contribution in [2.45, 2.75) is 13.3 Å². The maximum Gasteiger partial charge on any atom is 0.329 e. The van der Waals surface area contributed by atoms with Crippen LogP contribution in [0.3, 0.4) is 0 Å². The SMILES string of the molecule is Cc1c(Cl)cccc1NC(=O)COc1cccc(/C=N/NC(=O)C(=O)NCCc2ccccc2)c1. The van der Waals surface area contributed by atoms with Gasteiger partial charge in [0.15, 0.2) is 6.61 Å². The quantitative estimate of drug-likeness (QED) is 0.241. The Kier molecular flexibility index (Phi) is 9.39. The van der Waals surface area contributed by atoms with E-state index in [2.05, 4.69) is 21.2 Å². The van der Waals surface area contributed by atoms with Crippen LogP contribution in [0.4, 0.5) is 5.69 Å². The van der Waals surface area contributed by atoms with E-state index in [0.29, 0.717) is 35.0 Å². The van der Waals surface area contributed by atoms with E-state index >= 15 is 0 Å². The standard InChI is InChI=1S/C26H25ClN4O4/c1-18-22(27)11-6-12-23(18)30-24(32)17-35-21-10-5-9-20(15-21)16-29-31-26(34)25(33)28-14-13-19-7-3-2-4-8-19/h2-12,15-16H,13-14,17H2,1H3,(H,28,33)(H,30,32)(H,31,34)/b29-16+. The van der Waals surface area contributed by atoms with Crippen molar-refractivity contribution >= 4 is 41.2 Å². The van der Waals surface area contributed by atoms with Gasteiger partial charge in [0.25, 0.3) is 5.91 Å². The van der Waals surface area contributed by atoms with Crippen molar-refractivity contribution in [3.63, 3.8) is 0 Å². The van der Waals surface area contributed by atoms with Crippen LogP contribution in [0.1, 0.15) is 16.7 Å². The number of nitrogens with zero attached hydrogens (tertiary/aromatic N) is 1. The van der Waals surface area contributed by atoms with Crippen molar-refractivity contribution in [1.29, 1.82) is 0 Å². The minimum Gasteiger partial charge on any atom is -0.484 e. The van der Waals surface area contributed by atoms with Crippen molar-refractivity contribution < 1.29 is 19.1 Å². The van der Waals surface area contributed by atoms with Crippen molar-refractivity contribution in [2.75, 3.05) is 18.5 Å². The third-order valence-electron chi connectivity index (χ3n) is 4.90. The topological polar surface area (TPSA) is 109 Å². The lowest BCUT2D eigenvalue weighted by Gasteiger charge is -2.10. The number of carbonyl (C=O) groups excluding carboxylic acids is 3. The van der Waals surface area contributed by atoms with Crippen LogP contribution in [0.2, 0.25) is 5.02 Å². The molecule has 0 bridgehead atoms. The van der Waals surface area contributed by atoms with Crippen LogP contribution in [0.25, 0.3) is 0 Å². The van der Waals surface area contributed by atoms with Gasteiger partial charge in [0, 0.05) is 17.3 Å². The number of anilines is 1. The number of carbonyl (C=O) groups is 3. The number of hydrogen-bond donors (Lipinski definition) is 3. The summed E-state index contributed by atoms with van der Waals surface area (Å²) in [6.07, 6.45) is 1.99. The summed E-state index contributed by atoms with van der Waals surface area (Å²) in [7, 11) is 0. The fourth-order valence-electron chi connectivity index (χ4n) is 3.02. The van der Waals surface area contributed by atoms with E-state index in [1.807, 2.05) is 37.3 Å². The summed E-state index contributed by atoms with van der Waals surface area (Å²) in [6.45, 7) is 1.95. The van der Waals surface area contributed by atoms with Gasteiger partial charge in [-0.2, -0.15) is 5.10 Å². The van der Waals surface area contributed by atoms with E-state index in [1.54, 1.807) is 42.5 Å². The lowest BCUT2D eigenvalue weighted by molar-refractivity contribution is -0.139. The molecule has 0 aliphatic carbocycles. The zero-order valence-corrected chi connectivity index (χ0v) is 19.8. The molecule has 0 radical (unpaired) electrons. The maximum absolute atomic E-state index is 12.2. The van der Waals surface area contributed by atoms with Crippen LogP contribution >= 0.6 is 11.6 Å². The van der Waals surface area contributed by atoms with Gasteiger partial charge < -0.3 is 15.4 Å². The molecule has 3 amide bonds. The Bertz CT molecular complexity index is 1210. The summed E-state index contributed by atoms with van der Waals surface area (Å²) in [5.74, 6) is -1.53. The molecule has 0 fully saturated rings. The minimum atomic E-state index is -0.866. The summed E-state index contributed by atoms with van der Waals surface area (Å²) in [6, 6.07) is 21.7. The van der Waals surface area contributed by atoms with E-state index in [0.717, 1.165) is 11.1 Å². The minimum absolute atomic E-state index is 0.202. The van der Waals surface area contributed by atoms with E-state index in [9.17, 15) is 14.4 Å². The van der Waals surface area contributed by atoms with E-state index < -0.39 is 11.8 Å². The molecule has 0 unspecified atom stereocenters. The largest absolute Gasteiger partial charge is 0.484 e. The first-order valence-electron chi connectivity index (χ1n) is 10.9. The van der Waals surface area contributed by atoms with Crippen molar-refractivity contribution in [3.8, 4) is 5.75 Å². The van der Waals surface area contributed by atoms with Gasteiger partial charge in [0.2, 0.25) is 0 Å². The fraction of sp³-hybridized carbons (Fsp3) is 0.154. The zero-order valence-electron chi connectivity index (χ0n) is 19.1. The molecule has 0 heterocycles. The Labute approximate surface area is 208 Å². The Hall–Kier alpha value is -4.17. The highest BCUT2D eigenvalue weighted by molar-refractivity contribution is 6.35. The number of hydrazone groups is 1. The number of rotatable bonds is 9. The first-order chi connectivity index (χ1) is 16.9. The lowest BCUT2D eigenvalue weighted by Crippen LogP contribution is -2.38. The third-order valence-corrected chi connectivity index (χ3v) is 5.31. The molecule has 0 saturated carbocycles. The molecule has 0 aliphatic heterocycles. The number of ether oxygens (including phenoxy) is 1. The summed E-state index contributed by atoms with van der Waals surface area (Å²) in [4.78, 5) is 36.0. The maximum atomic E-state index is 12.2. The average Bonchev–Trinajstić information content (AvgIpc) is 2.86. The average molecular weight is 493 g/mol. The second-order valence-corrected chi connectivity index (χ2v) is 7.92. The van der Waals surface area contributed by atoms with E-state index in [-0.39, 0.29) is 12.5 Å². The van der Waals surface area contributed by atoms with Crippen molar-refractivity contribution in [3.05, 3.63) is 94.5 Å². The molecule has 0 aromatic heterocycles. The lowest BCUT2D eigenvalue weighted by atomic mass is 10.1. The van der Waals surface area contributed by atoms with Gasteiger partial charge in [-0.15, -0.1) is 0 Å². The molecule has 9 heteroatoms. The molecule has 3 rings (SSSR count). The van der Waals surface area contributed by atoms with E-state index in [4.69, 9.17) is 16.3 Å². The van der Waals surface area contributed by atoms with Crippen LogP contribution in [0, 0.1) is 6.92 Å². The van der Waals surface area contributed by atoms with Crippen molar-refractivity contribution in [1.82, 2.24) is 10.7 Å². The van der Waals surface area contributed by atoms with Crippen LogP contribution in [0.5, 0.6) is 5.75 Å². The normalized spacial score (nSPS) is 10.6. The zero-order chi connectivity index (χ0) is 25.0. The molecule has 3 N–H and O–H groups in total. The van der Waals surface area contributed by atoms with Crippen LogP contribution in [0.15, 0.2) is 77.9 Å². The monoisotopic (exact) mass is 492 g/mol. The molecule has 3 aromatic carbocycles.